The molecule has 4 nitrogen and oxygen atoms in total. The largest absolute Gasteiger partial charge is 0.370 e. The molecule has 0 aliphatic heterocycles. The van der Waals surface area contributed by atoms with Crippen LogP contribution in [0.3, 0.4) is 0 Å². The van der Waals surface area contributed by atoms with Crippen molar-refractivity contribution in [2.24, 2.45) is 11.5 Å². The van der Waals surface area contributed by atoms with Gasteiger partial charge < -0.3 is 11.5 Å². The zero-order valence-electron chi connectivity index (χ0n) is 9.55. The highest BCUT2D eigenvalue weighted by molar-refractivity contribution is 5.73. The molecule has 4 N–H and O–H groups in total. The van der Waals surface area contributed by atoms with Gasteiger partial charge in [0, 0.05) is 25.0 Å². The molecule has 14 heavy (non-hydrogen) atoms. The van der Waals surface area contributed by atoms with Crippen LogP contribution in [-0.4, -0.2) is 36.5 Å². The molecule has 0 aromatic heterocycles. The second-order valence-corrected chi connectivity index (χ2v) is 3.77. The maximum Gasteiger partial charge on any atom is 0.218 e. The zero-order valence-corrected chi connectivity index (χ0v) is 9.55. The number of hydrogen-bond donors (Lipinski definition) is 2. The summed E-state index contributed by atoms with van der Waals surface area (Å²) in [6.45, 7) is 5.55. The fraction of sp³-hybridized carbons (Fsp3) is 0.900. The molecule has 0 spiro atoms. The number of carbonyl (C=O) groups excluding carboxylic acids is 1. The van der Waals surface area contributed by atoms with Crippen molar-refractivity contribution in [2.45, 2.75) is 38.6 Å². The minimum Gasteiger partial charge on any atom is -0.370 e. The smallest absolute Gasteiger partial charge is 0.218 e. The topological polar surface area (TPSA) is 72.3 Å². The van der Waals surface area contributed by atoms with E-state index in [-0.39, 0.29) is 11.4 Å². The summed E-state index contributed by atoms with van der Waals surface area (Å²) < 4.78 is 0. The first-order valence-electron chi connectivity index (χ1n) is 5.22. The van der Waals surface area contributed by atoms with E-state index in [2.05, 4.69) is 18.7 Å². The maximum atomic E-state index is 10.7. The molecule has 0 fully saturated rings. The van der Waals surface area contributed by atoms with Crippen LogP contribution in [0.2, 0.25) is 0 Å². The van der Waals surface area contributed by atoms with Gasteiger partial charge in [-0.15, -0.1) is 0 Å². The van der Waals surface area contributed by atoms with Gasteiger partial charge >= 0.3 is 0 Å². The third-order valence-corrected chi connectivity index (χ3v) is 3.20. The van der Waals surface area contributed by atoms with Gasteiger partial charge in [0.25, 0.3) is 0 Å². The molecule has 0 aliphatic carbocycles. The molecule has 4 heteroatoms. The van der Waals surface area contributed by atoms with Gasteiger partial charge in [-0.1, -0.05) is 13.8 Å². The number of hydrogen-bond acceptors (Lipinski definition) is 3. The number of nitrogens with zero attached hydrogens (tertiary/aromatic N) is 1. The van der Waals surface area contributed by atoms with Crippen molar-refractivity contribution >= 4 is 5.91 Å². The Morgan fingerprint density at radius 3 is 2.14 bits per heavy atom. The molecule has 0 aromatic carbocycles. The highest BCUT2D eigenvalue weighted by Crippen LogP contribution is 2.21. The second kappa shape index (κ2) is 5.98. The molecule has 0 rings (SSSR count). The normalized spacial score (nSPS) is 12.1. The Kier molecular flexibility index (Phi) is 5.72. The summed E-state index contributed by atoms with van der Waals surface area (Å²) in [6, 6.07) is 0. The number of rotatable bonds is 7. The highest BCUT2D eigenvalue weighted by atomic mass is 16.1. The second-order valence-electron chi connectivity index (χ2n) is 3.77. The van der Waals surface area contributed by atoms with Crippen molar-refractivity contribution in [1.82, 2.24) is 4.90 Å². The number of likely N-dealkylation sites (N-methyl/N-ethyl adjacent to an activating group) is 1. The van der Waals surface area contributed by atoms with E-state index in [1.165, 1.54) is 0 Å². The lowest BCUT2D eigenvalue weighted by atomic mass is 9.91. The quantitative estimate of drug-likeness (QED) is 0.622. The molecular formula is C10H23N3O. The minimum absolute atomic E-state index is 0.0233. The van der Waals surface area contributed by atoms with Crippen molar-refractivity contribution in [3.05, 3.63) is 0 Å². The summed E-state index contributed by atoms with van der Waals surface area (Å²) in [5.74, 6) is -0.255. The summed E-state index contributed by atoms with van der Waals surface area (Å²) in [6.07, 6.45) is 2.39. The number of amides is 1. The van der Waals surface area contributed by atoms with E-state index in [9.17, 15) is 4.79 Å². The third-order valence-electron chi connectivity index (χ3n) is 3.20. The van der Waals surface area contributed by atoms with E-state index < -0.39 is 0 Å². The molecule has 0 aliphatic rings. The molecule has 0 unspecified atom stereocenters. The summed E-state index contributed by atoms with van der Waals surface area (Å²) in [7, 11) is 2.00. The van der Waals surface area contributed by atoms with Crippen LogP contribution in [0.1, 0.15) is 33.1 Å². The predicted octanol–water partition coefficient (Wildman–Crippen LogP) is 0.311. The Bertz CT molecular complexity index is 170. The van der Waals surface area contributed by atoms with Crippen LogP contribution in [-0.2, 0) is 4.79 Å². The monoisotopic (exact) mass is 201 g/mol. The zero-order chi connectivity index (χ0) is 11.2. The lowest BCUT2D eigenvalue weighted by molar-refractivity contribution is -0.118. The van der Waals surface area contributed by atoms with Crippen LogP contribution in [0.25, 0.3) is 0 Å². The van der Waals surface area contributed by atoms with E-state index >= 15 is 0 Å². The molecular weight excluding hydrogens is 178 g/mol. The van der Waals surface area contributed by atoms with Crippen molar-refractivity contribution in [1.29, 1.82) is 0 Å². The lowest BCUT2D eigenvalue weighted by Crippen LogP contribution is -2.52. The van der Waals surface area contributed by atoms with Gasteiger partial charge in [0.2, 0.25) is 5.91 Å². The molecule has 0 heterocycles. The highest BCUT2D eigenvalue weighted by Gasteiger charge is 2.28. The van der Waals surface area contributed by atoms with Gasteiger partial charge in [0.15, 0.2) is 0 Å². The van der Waals surface area contributed by atoms with Gasteiger partial charge in [0.05, 0.1) is 0 Å². The van der Waals surface area contributed by atoms with Crippen LogP contribution in [0.5, 0.6) is 0 Å². The van der Waals surface area contributed by atoms with E-state index in [1.54, 1.807) is 0 Å². The summed E-state index contributed by atoms with van der Waals surface area (Å²) in [4.78, 5) is 12.8. The molecule has 0 saturated heterocycles. The Hall–Kier alpha value is -0.610. The van der Waals surface area contributed by atoms with E-state index in [0.29, 0.717) is 19.5 Å². The first-order chi connectivity index (χ1) is 6.52. The predicted molar refractivity (Wildman–Crippen MR) is 58.8 cm³/mol. The third kappa shape index (κ3) is 3.27. The summed E-state index contributed by atoms with van der Waals surface area (Å²) in [5.41, 5.74) is 10.9. The van der Waals surface area contributed by atoms with E-state index in [1.807, 2.05) is 7.05 Å². The molecule has 0 saturated carbocycles. The molecule has 0 atom stereocenters. The van der Waals surface area contributed by atoms with E-state index in [0.717, 1.165) is 12.8 Å². The first kappa shape index (κ1) is 13.4. The fourth-order valence-electron chi connectivity index (χ4n) is 1.75. The number of nitrogens with two attached hydrogens (primary N) is 2. The Morgan fingerprint density at radius 2 is 1.86 bits per heavy atom. The van der Waals surface area contributed by atoms with Gasteiger partial charge in [0.1, 0.15) is 0 Å². The van der Waals surface area contributed by atoms with Gasteiger partial charge in [-0.25, -0.2) is 0 Å². The summed E-state index contributed by atoms with van der Waals surface area (Å²) >= 11 is 0. The maximum absolute atomic E-state index is 10.7. The molecule has 0 bridgehead atoms. The van der Waals surface area contributed by atoms with Gasteiger partial charge in [-0.2, -0.15) is 0 Å². The minimum atomic E-state index is -0.255. The first-order valence-corrected chi connectivity index (χ1v) is 5.22. The van der Waals surface area contributed by atoms with Crippen molar-refractivity contribution in [3.63, 3.8) is 0 Å². The van der Waals surface area contributed by atoms with Crippen molar-refractivity contribution in [3.8, 4) is 0 Å². The van der Waals surface area contributed by atoms with Crippen LogP contribution in [0.15, 0.2) is 0 Å². The van der Waals surface area contributed by atoms with Gasteiger partial charge in [-0.05, 0) is 19.9 Å². The lowest BCUT2D eigenvalue weighted by Gasteiger charge is -2.39. The van der Waals surface area contributed by atoms with Crippen LogP contribution < -0.4 is 11.5 Å². The van der Waals surface area contributed by atoms with Crippen LogP contribution in [0.4, 0.5) is 0 Å². The Labute approximate surface area is 86.6 Å². The average molecular weight is 201 g/mol. The van der Waals surface area contributed by atoms with E-state index in [4.69, 9.17) is 11.5 Å². The van der Waals surface area contributed by atoms with Crippen molar-refractivity contribution < 1.29 is 4.79 Å². The summed E-state index contributed by atoms with van der Waals surface area (Å²) in [5, 5.41) is 0. The standard InChI is InChI=1S/C10H23N3O/c1-4-10(5-2,8-11)13(3)7-6-9(12)14/h4-8,11H2,1-3H3,(H2,12,14). The Morgan fingerprint density at radius 1 is 1.36 bits per heavy atom. The number of carbonyl (C=O) groups is 1. The van der Waals surface area contributed by atoms with Crippen LogP contribution in [0, 0.1) is 0 Å². The molecule has 1 amide bonds. The average Bonchev–Trinajstić information content (AvgIpc) is 2.18. The van der Waals surface area contributed by atoms with Crippen molar-refractivity contribution in [2.75, 3.05) is 20.1 Å². The SMILES string of the molecule is CCC(CC)(CN)N(C)CCC(N)=O. The van der Waals surface area contributed by atoms with Gasteiger partial charge in [-0.3, -0.25) is 9.69 Å². The number of primary amides is 1. The van der Waals surface area contributed by atoms with Crippen LogP contribution >= 0.6 is 0 Å². The Balaban J connectivity index is 4.28. The fourth-order valence-corrected chi connectivity index (χ4v) is 1.75. The molecule has 84 valence electrons. The molecule has 0 aromatic rings. The molecule has 0 radical (unpaired) electrons.